The van der Waals surface area contributed by atoms with Crippen LogP contribution in [-0.4, -0.2) is 17.8 Å². The van der Waals surface area contributed by atoms with Gasteiger partial charge in [0, 0.05) is 16.9 Å². The number of carboxylic acids is 1. The minimum Gasteiger partial charge on any atom is -0.545 e. The predicted molar refractivity (Wildman–Crippen MR) is 88.3 cm³/mol. The van der Waals surface area contributed by atoms with Crippen molar-refractivity contribution in [1.29, 1.82) is 0 Å². The fourth-order valence-electron chi connectivity index (χ4n) is 3.02. The van der Waals surface area contributed by atoms with Crippen molar-refractivity contribution in [1.82, 2.24) is 10.9 Å². The number of nitrogens with one attached hydrogen (secondary N) is 2. The average molecular weight is 337 g/mol. The second-order valence-corrected chi connectivity index (χ2v) is 6.32. The second-order valence-electron chi connectivity index (χ2n) is 6.32. The van der Waals surface area contributed by atoms with Gasteiger partial charge in [-0.25, -0.2) is 0 Å². The van der Waals surface area contributed by atoms with Gasteiger partial charge in [-0.05, 0) is 18.1 Å². The van der Waals surface area contributed by atoms with Crippen molar-refractivity contribution in [2.24, 2.45) is 5.92 Å². The SMILES string of the molecule is C[C@]1(c2ccccc2)C[C@H]1C(=O)NNC(=O)c1ccccc1C(=O)[O-]. The predicted octanol–water partition coefficient (Wildman–Crippen LogP) is 0.789. The highest BCUT2D eigenvalue weighted by molar-refractivity contribution is 6.04. The quantitative estimate of drug-likeness (QED) is 0.806. The van der Waals surface area contributed by atoms with E-state index < -0.39 is 11.9 Å². The summed E-state index contributed by atoms with van der Waals surface area (Å²) in [4.78, 5) is 35.5. The third-order valence-corrected chi connectivity index (χ3v) is 4.68. The standard InChI is InChI=1S/C19H18N2O4/c1-19(12-7-3-2-4-8-12)11-15(19)17(23)21-20-16(22)13-9-5-6-10-14(13)18(24)25/h2-10,15H,11H2,1H3,(H,20,22)(H,21,23)(H,24,25)/p-1/t15-,19+/m0/s1. The van der Waals surface area contributed by atoms with E-state index in [2.05, 4.69) is 10.9 Å². The van der Waals surface area contributed by atoms with E-state index in [0.29, 0.717) is 6.42 Å². The first-order chi connectivity index (χ1) is 11.9. The number of hydrogen-bond donors (Lipinski definition) is 2. The third kappa shape index (κ3) is 3.24. The van der Waals surface area contributed by atoms with Crippen LogP contribution in [0.3, 0.4) is 0 Å². The molecule has 0 bridgehead atoms. The molecule has 2 atom stereocenters. The fraction of sp³-hybridized carbons (Fsp3) is 0.211. The minimum atomic E-state index is -1.45. The number of rotatable bonds is 4. The molecule has 1 aliphatic rings. The first kappa shape index (κ1) is 16.7. The van der Waals surface area contributed by atoms with Gasteiger partial charge in [-0.2, -0.15) is 0 Å². The Morgan fingerprint density at radius 1 is 0.960 bits per heavy atom. The molecule has 6 nitrogen and oxygen atoms in total. The summed E-state index contributed by atoms with van der Waals surface area (Å²) >= 11 is 0. The van der Waals surface area contributed by atoms with E-state index in [0.717, 1.165) is 5.56 Å². The Morgan fingerprint density at radius 2 is 1.56 bits per heavy atom. The van der Waals surface area contributed by atoms with E-state index in [9.17, 15) is 19.5 Å². The Morgan fingerprint density at radius 3 is 2.20 bits per heavy atom. The van der Waals surface area contributed by atoms with Crippen molar-refractivity contribution >= 4 is 17.8 Å². The van der Waals surface area contributed by atoms with Gasteiger partial charge in [-0.1, -0.05) is 55.5 Å². The summed E-state index contributed by atoms with van der Waals surface area (Å²) in [7, 11) is 0. The topological polar surface area (TPSA) is 98.3 Å². The molecule has 0 saturated heterocycles. The molecule has 2 N–H and O–H groups in total. The number of carbonyl (C=O) groups excluding carboxylic acids is 3. The minimum absolute atomic E-state index is 0.0654. The van der Waals surface area contributed by atoms with Gasteiger partial charge < -0.3 is 9.90 Å². The molecular formula is C19H17N2O4-. The van der Waals surface area contributed by atoms with E-state index in [1.165, 1.54) is 24.3 Å². The van der Waals surface area contributed by atoms with Crippen LogP contribution in [0.1, 0.15) is 39.6 Å². The van der Waals surface area contributed by atoms with E-state index in [1.54, 1.807) is 0 Å². The monoisotopic (exact) mass is 337 g/mol. The molecule has 6 heteroatoms. The Balaban J connectivity index is 1.63. The Labute approximate surface area is 144 Å². The molecule has 1 aliphatic carbocycles. The highest BCUT2D eigenvalue weighted by Crippen LogP contribution is 2.53. The molecule has 0 aromatic heterocycles. The van der Waals surface area contributed by atoms with Crippen molar-refractivity contribution in [3.8, 4) is 0 Å². The lowest BCUT2D eigenvalue weighted by Gasteiger charge is -2.13. The smallest absolute Gasteiger partial charge is 0.270 e. The van der Waals surface area contributed by atoms with E-state index in [-0.39, 0.29) is 28.4 Å². The molecule has 0 unspecified atom stereocenters. The van der Waals surface area contributed by atoms with Crippen LogP contribution in [0, 0.1) is 5.92 Å². The number of carboxylic acid groups (broad SMARTS) is 1. The molecule has 0 aliphatic heterocycles. The average Bonchev–Trinajstić information content (AvgIpc) is 3.33. The Bertz CT molecular complexity index is 834. The van der Waals surface area contributed by atoms with Gasteiger partial charge in [0.15, 0.2) is 0 Å². The van der Waals surface area contributed by atoms with Crippen LogP contribution in [0.4, 0.5) is 0 Å². The summed E-state index contributed by atoms with van der Waals surface area (Å²) < 4.78 is 0. The summed E-state index contributed by atoms with van der Waals surface area (Å²) in [6, 6.07) is 15.4. The maximum Gasteiger partial charge on any atom is 0.270 e. The Kier molecular flexibility index (Phi) is 4.27. The fourth-order valence-corrected chi connectivity index (χ4v) is 3.02. The largest absolute Gasteiger partial charge is 0.545 e. The van der Waals surface area contributed by atoms with Crippen LogP contribution >= 0.6 is 0 Å². The Hall–Kier alpha value is -3.15. The summed E-state index contributed by atoms with van der Waals surface area (Å²) in [6.45, 7) is 2.00. The highest BCUT2D eigenvalue weighted by Gasteiger charge is 2.55. The van der Waals surface area contributed by atoms with Crippen molar-refractivity contribution in [3.63, 3.8) is 0 Å². The van der Waals surface area contributed by atoms with Gasteiger partial charge in [-0.15, -0.1) is 0 Å². The van der Waals surface area contributed by atoms with Crippen molar-refractivity contribution in [2.45, 2.75) is 18.8 Å². The maximum atomic E-state index is 12.3. The van der Waals surface area contributed by atoms with Crippen LogP contribution in [0.2, 0.25) is 0 Å². The molecular weight excluding hydrogens is 320 g/mol. The number of hydrogen-bond acceptors (Lipinski definition) is 4. The molecule has 128 valence electrons. The molecule has 2 amide bonds. The first-order valence-electron chi connectivity index (χ1n) is 7.89. The summed E-state index contributed by atoms with van der Waals surface area (Å²) in [5.74, 6) is -2.69. The van der Waals surface area contributed by atoms with Gasteiger partial charge in [0.25, 0.3) is 5.91 Å². The maximum absolute atomic E-state index is 12.3. The van der Waals surface area contributed by atoms with Crippen molar-refractivity contribution < 1.29 is 19.5 Å². The third-order valence-electron chi connectivity index (χ3n) is 4.68. The number of hydrazine groups is 1. The molecule has 1 saturated carbocycles. The van der Waals surface area contributed by atoms with Crippen molar-refractivity contribution in [2.75, 3.05) is 0 Å². The molecule has 2 aromatic carbocycles. The zero-order chi connectivity index (χ0) is 18.0. The van der Waals surface area contributed by atoms with Crippen LogP contribution in [0.5, 0.6) is 0 Å². The molecule has 25 heavy (non-hydrogen) atoms. The van der Waals surface area contributed by atoms with Crippen LogP contribution in [0.15, 0.2) is 54.6 Å². The van der Waals surface area contributed by atoms with E-state index >= 15 is 0 Å². The molecule has 1 fully saturated rings. The van der Waals surface area contributed by atoms with E-state index in [1.807, 2.05) is 37.3 Å². The van der Waals surface area contributed by atoms with Crippen LogP contribution in [0.25, 0.3) is 0 Å². The number of carbonyl (C=O) groups is 3. The van der Waals surface area contributed by atoms with Crippen molar-refractivity contribution in [3.05, 3.63) is 71.3 Å². The molecule has 0 radical (unpaired) electrons. The lowest BCUT2D eigenvalue weighted by atomic mass is 9.95. The zero-order valence-corrected chi connectivity index (χ0v) is 13.6. The lowest BCUT2D eigenvalue weighted by Crippen LogP contribution is -2.44. The number of benzene rings is 2. The van der Waals surface area contributed by atoms with Crippen LogP contribution < -0.4 is 16.0 Å². The molecule has 2 aromatic rings. The molecule has 0 spiro atoms. The normalized spacial score (nSPS) is 21.2. The lowest BCUT2D eigenvalue weighted by molar-refractivity contribution is -0.255. The molecule has 3 rings (SSSR count). The van der Waals surface area contributed by atoms with Gasteiger partial charge in [0.05, 0.1) is 11.5 Å². The highest BCUT2D eigenvalue weighted by atomic mass is 16.4. The first-order valence-corrected chi connectivity index (χ1v) is 7.89. The van der Waals surface area contributed by atoms with E-state index in [4.69, 9.17) is 0 Å². The van der Waals surface area contributed by atoms with Gasteiger partial charge >= 0.3 is 0 Å². The summed E-state index contributed by atoms with van der Waals surface area (Å²) in [6.07, 6.45) is 0.689. The number of aromatic carboxylic acids is 1. The van der Waals surface area contributed by atoms with Gasteiger partial charge in [0.2, 0.25) is 5.91 Å². The molecule has 0 heterocycles. The summed E-state index contributed by atoms with van der Waals surface area (Å²) in [5, 5.41) is 11.0. The van der Waals surface area contributed by atoms with Crippen LogP contribution in [-0.2, 0) is 10.2 Å². The van der Waals surface area contributed by atoms with Gasteiger partial charge in [-0.3, -0.25) is 20.4 Å². The second kappa shape index (κ2) is 6.39. The number of amides is 2. The zero-order valence-electron chi connectivity index (χ0n) is 13.6. The summed E-state index contributed by atoms with van der Waals surface area (Å²) in [5.41, 5.74) is 5.19. The van der Waals surface area contributed by atoms with Gasteiger partial charge in [0.1, 0.15) is 0 Å².